The van der Waals surface area contributed by atoms with Crippen LogP contribution in [0.5, 0.6) is 0 Å². The van der Waals surface area contributed by atoms with Crippen molar-refractivity contribution in [1.82, 2.24) is 9.44 Å². The van der Waals surface area contributed by atoms with E-state index in [9.17, 15) is 18.3 Å². The Morgan fingerprint density at radius 3 is 2.27 bits per heavy atom. The first-order valence-corrected chi connectivity index (χ1v) is 5.67. The van der Waals surface area contributed by atoms with Gasteiger partial charge in [-0.2, -0.15) is 13.1 Å². The van der Waals surface area contributed by atoms with Crippen LogP contribution in [0, 0.1) is 0 Å². The molecule has 0 rings (SSSR count). The topological polar surface area (TPSA) is 105 Å². The van der Waals surface area contributed by atoms with Gasteiger partial charge in [-0.1, -0.05) is 0 Å². The van der Waals surface area contributed by atoms with Crippen molar-refractivity contribution in [3.05, 3.63) is 0 Å². The fourth-order valence-corrected chi connectivity index (χ4v) is 1.83. The Kier molecular flexibility index (Phi) is 4.50. The fraction of sp³-hybridized carbons (Fsp3) is 0.857. The number of rotatable bonds is 4. The van der Waals surface area contributed by atoms with Crippen molar-refractivity contribution < 1.29 is 23.1 Å². The maximum atomic E-state index is 11.3. The molecule has 1 amide bonds. The second-order valence-electron chi connectivity index (χ2n) is 3.60. The Hall–Kier alpha value is -0.860. The number of amides is 1. The molecule has 0 spiro atoms. The highest BCUT2D eigenvalue weighted by molar-refractivity contribution is 7.88. The Morgan fingerprint density at radius 1 is 1.47 bits per heavy atom. The second-order valence-corrected chi connectivity index (χ2v) is 5.01. The summed E-state index contributed by atoms with van der Waals surface area (Å²) in [6, 6.07) is 0. The number of carbonyl (C=O) groups is 1. The summed E-state index contributed by atoms with van der Waals surface area (Å²) >= 11 is 0. The van der Waals surface area contributed by atoms with Crippen LogP contribution in [-0.2, 0) is 14.9 Å². The minimum absolute atomic E-state index is 0.910. The molecule has 0 saturated carbocycles. The van der Waals surface area contributed by atoms with Crippen LogP contribution in [0.1, 0.15) is 20.8 Å². The lowest BCUT2D eigenvalue weighted by Gasteiger charge is -2.28. The quantitative estimate of drug-likeness (QED) is 0.605. The van der Waals surface area contributed by atoms with Gasteiger partial charge in [0.05, 0.1) is 18.8 Å². The summed E-state index contributed by atoms with van der Waals surface area (Å²) < 4.78 is 30.4. The summed E-state index contributed by atoms with van der Waals surface area (Å²) in [5.41, 5.74) is -1.08. The van der Waals surface area contributed by atoms with Crippen molar-refractivity contribution in [3.63, 3.8) is 0 Å². The van der Waals surface area contributed by atoms with Gasteiger partial charge in [0.25, 0.3) is 0 Å². The number of hydrogen-bond donors (Lipinski definition) is 3. The van der Waals surface area contributed by atoms with Gasteiger partial charge < -0.3 is 9.84 Å². The third-order valence-electron chi connectivity index (χ3n) is 1.84. The predicted octanol–water partition coefficient (Wildman–Crippen LogP) is -0.664. The number of ether oxygens (including phenoxy) is 1. The number of hydrogen-bond acceptors (Lipinski definition) is 5. The molecule has 0 bridgehead atoms. The molecule has 0 fully saturated rings. The van der Waals surface area contributed by atoms with E-state index in [1.807, 2.05) is 0 Å². The van der Waals surface area contributed by atoms with Gasteiger partial charge in [0.2, 0.25) is 0 Å². The lowest BCUT2D eigenvalue weighted by Crippen LogP contribution is -2.55. The van der Waals surface area contributed by atoms with E-state index in [0.29, 0.717) is 0 Å². The second kappa shape index (κ2) is 4.77. The molecular formula is C7H16N2O5S. The fourth-order valence-electron chi connectivity index (χ4n) is 0.608. The van der Waals surface area contributed by atoms with Crippen molar-refractivity contribution in [1.29, 1.82) is 0 Å². The number of nitrogens with one attached hydrogen (secondary N) is 2. The third kappa shape index (κ3) is 4.96. The molecule has 0 aromatic carbocycles. The minimum atomic E-state index is -4.03. The van der Waals surface area contributed by atoms with Crippen molar-refractivity contribution in [2.75, 3.05) is 7.11 Å². The van der Waals surface area contributed by atoms with Crippen LogP contribution in [0.25, 0.3) is 0 Å². The van der Waals surface area contributed by atoms with Gasteiger partial charge in [-0.3, -0.25) is 0 Å². The summed E-state index contributed by atoms with van der Waals surface area (Å²) in [7, 11) is -2.98. The molecule has 0 aliphatic heterocycles. The molecule has 0 aliphatic carbocycles. The SMILES string of the molecule is COC(=O)NS(=O)(=O)NC(C)(C)C(C)O. The number of aliphatic hydroxyl groups is 1. The van der Waals surface area contributed by atoms with E-state index in [1.165, 1.54) is 20.8 Å². The molecule has 0 aromatic rings. The maximum absolute atomic E-state index is 11.3. The normalized spacial score (nSPS) is 14.5. The van der Waals surface area contributed by atoms with Crippen molar-refractivity contribution in [2.45, 2.75) is 32.4 Å². The van der Waals surface area contributed by atoms with Crippen LogP contribution in [-0.4, -0.2) is 38.4 Å². The highest BCUT2D eigenvalue weighted by atomic mass is 32.2. The highest BCUT2D eigenvalue weighted by Crippen LogP contribution is 2.09. The average molecular weight is 240 g/mol. The molecule has 0 aromatic heterocycles. The van der Waals surface area contributed by atoms with Crippen molar-refractivity contribution in [3.8, 4) is 0 Å². The Labute approximate surface area is 89.0 Å². The molecular weight excluding hydrogens is 224 g/mol. The van der Waals surface area contributed by atoms with Crippen LogP contribution in [0.4, 0.5) is 4.79 Å². The van der Waals surface area contributed by atoms with Gasteiger partial charge in [-0.25, -0.2) is 9.52 Å². The van der Waals surface area contributed by atoms with Gasteiger partial charge in [0.15, 0.2) is 0 Å². The molecule has 1 unspecified atom stereocenters. The van der Waals surface area contributed by atoms with E-state index < -0.39 is 27.9 Å². The van der Waals surface area contributed by atoms with E-state index in [0.717, 1.165) is 7.11 Å². The Morgan fingerprint density at radius 2 is 1.93 bits per heavy atom. The molecule has 1 atom stereocenters. The smallest absolute Gasteiger partial charge is 0.421 e. The Bertz CT molecular complexity index is 322. The van der Waals surface area contributed by atoms with E-state index in [4.69, 9.17) is 0 Å². The lowest BCUT2D eigenvalue weighted by atomic mass is 10.0. The first-order valence-electron chi connectivity index (χ1n) is 4.18. The van der Waals surface area contributed by atoms with Crippen LogP contribution >= 0.6 is 0 Å². The third-order valence-corrected chi connectivity index (χ3v) is 3.08. The molecule has 0 heterocycles. The Balaban J connectivity index is 4.59. The zero-order chi connectivity index (χ0) is 12.3. The summed E-state index contributed by atoms with van der Waals surface area (Å²) in [6.07, 6.45) is -2.00. The zero-order valence-electron chi connectivity index (χ0n) is 9.07. The monoisotopic (exact) mass is 240 g/mol. The standard InChI is InChI=1S/C7H16N2O5S/c1-5(10)7(2,3)9-15(12,13)8-6(11)14-4/h5,9-10H,1-4H3,(H,8,11). The molecule has 0 saturated heterocycles. The number of methoxy groups -OCH3 is 1. The molecule has 3 N–H and O–H groups in total. The van der Waals surface area contributed by atoms with E-state index >= 15 is 0 Å². The van der Waals surface area contributed by atoms with Crippen LogP contribution in [0.3, 0.4) is 0 Å². The summed E-state index contributed by atoms with van der Waals surface area (Å²) in [5, 5.41) is 9.26. The molecule has 8 heteroatoms. The molecule has 90 valence electrons. The zero-order valence-corrected chi connectivity index (χ0v) is 9.88. The number of carbonyl (C=O) groups excluding carboxylic acids is 1. The van der Waals surface area contributed by atoms with Gasteiger partial charge in [-0.15, -0.1) is 0 Å². The predicted molar refractivity (Wildman–Crippen MR) is 53.4 cm³/mol. The molecule has 15 heavy (non-hydrogen) atoms. The average Bonchev–Trinajstić information content (AvgIpc) is 2.00. The van der Waals surface area contributed by atoms with Gasteiger partial charge in [0.1, 0.15) is 0 Å². The van der Waals surface area contributed by atoms with Crippen molar-refractivity contribution >= 4 is 16.3 Å². The van der Waals surface area contributed by atoms with Crippen LogP contribution in [0.2, 0.25) is 0 Å². The van der Waals surface area contributed by atoms with E-state index in [2.05, 4.69) is 9.46 Å². The molecule has 0 aliphatic rings. The largest absolute Gasteiger partial charge is 0.452 e. The van der Waals surface area contributed by atoms with Crippen LogP contribution in [0.15, 0.2) is 0 Å². The van der Waals surface area contributed by atoms with Gasteiger partial charge in [0, 0.05) is 0 Å². The van der Waals surface area contributed by atoms with Crippen molar-refractivity contribution in [2.24, 2.45) is 0 Å². The van der Waals surface area contributed by atoms with E-state index in [-0.39, 0.29) is 0 Å². The molecule has 7 nitrogen and oxygen atoms in total. The summed E-state index contributed by atoms with van der Waals surface area (Å²) in [6.45, 7) is 4.39. The lowest BCUT2D eigenvalue weighted by molar-refractivity contribution is 0.111. The van der Waals surface area contributed by atoms with Gasteiger partial charge >= 0.3 is 16.3 Å². The highest BCUT2D eigenvalue weighted by Gasteiger charge is 2.30. The first kappa shape index (κ1) is 14.1. The summed E-state index contributed by atoms with van der Waals surface area (Å²) in [5.74, 6) is 0. The minimum Gasteiger partial charge on any atom is -0.452 e. The van der Waals surface area contributed by atoms with Gasteiger partial charge in [-0.05, 0) is 20.8 Å². The van der Waals surface area contributed by atoms with Crippen LogP contribution < -0.4 is 9.44 Å². The molecule has 0 radical (unpaired) electrons. The first-order chi connectivity index (χ1) is 6.60. The maximum Gasteiger partial charge on any atom is 0.421 e. The number of aliphatic hydroxyl groups excluding tert-OH is 1. The van der Waals surface area contributed by atoms with E-state index in [1.54, 1.807) is 4.72 Å². The summed E-state index contributed by atoms with van der Waals surface area (Å²) in [4.78, 5) is 10.7.